The van der Waals surface area contributed by atoms with E-state index in [0.29, 0.717) is 62.5 Å². The Hall–Kier alpha value is -3.42. The van der Waals surface area contributed by atoms with Gasteiger partial charge in [0.05, 0.1) is 6.61 Å². The standard InChI is InChI=1S/C32H40F6N2O6/c1-6-29(20-9-10-24-25(17-20)45-14-13-44-24)27(41)40(28(42)39-29)11-7-8-12-46-26-22(18(2)3)15-21(16-23(26)19(4)5)30(43,31(33,34)35)32(36,37)38/h9-10,15-16,18-20,43H,6-8,11-14,17H2,1-5H3,(H,39,42). The highest BCUT2D eigenvalue weighted by molar-refractivity contribution is 6.07. The van der Waals surface area contributed by atoms with Crippen LogP contribution in [0.3, 0.4) is 0 Å². The van der Waals surface area contributed by atoms with Gasteiger partial charge in [-0.05, 0) is 60.4 Å². The summed E-state index contributed by atoms with van der Waals surface area (Å²) >= 11 is 0. The highest BCUT2D eigenvalue weighted by Crippen LogP contribution is 2.52. The van der Waals surface area contributed by atoms with E-state index in [-0.39, 0.29) is 41.9 Å². The van der Waals surface area contributed by atoms with E-state index in [1.165, 1.54) is 0 Å². The SMILES string of the molecule is CCC1(C2C=CC3=C(C2)OCCO3)NC(=O)N(CCCCOc2c(C(C)C)cc(C(O)(C(F)(F)F)C(F)(F)F)cc2C(C)C)C1=O. The second-order valence-corrected chi connectivity index (χ2v) is 12.4. The summed E-state index contributed by atoms with van der Waals surface area (Å²) in [6.45, 7) is 9.14. The first-order chi connectivity index (χ1) is 21.4. The van der Waals surface area contributed by atoms with Gasteiger partial charge >= 0.3 is 18.4 Å². The molecule has 0 radical (unpaired) electrons. The lowest BCUT2D eigenvalue weighted by Crippen LogP contribution is -2.54. The molecule has 0 bridgehead atoms. The van der Waals surface area contributed by atoms with Crippen LogP contribution in [0, 0.1) is 5.92 Å². The van der Waals surface area contributed by atoms with E-state index in [9.17, 15) is 41.0 Å². The molecular weight excluding hydrogens is 622 g/mol. The van der Waals surface area contributed by atoms with Gasteiger partial charge in [-0.3, -0.25) is 9.69 Å². The molecule has 2 N–H and O–H groups in total. The van der Waals surface area contributed by atoms with Crippen LogP contribution in [-0.4, -0.2) is 66.2 Å². The molecule has 1 aromatic rings. The third kappa shape index (κ3) is 6.28. The zero-order valence-electron chi connectivity index (χ0n) is 26.4. The number of nitrogens with one attached hydrogen (secondary N) is 1. The molecule has 2 heterocycles. The van der Waals surface area contributed by atoms with Gasteiger partial charge in [0.15, 0.2) is 5.76 Å². The largest absolute Gasteiger partial charge is 0.493 e. The summed E-state index contributed by atoms with van der Waals surface area (Å²) in [5, 5.41) is 13.0. The number of carbonyl (C=O) groups is 2. The molecule has 3 aliphatic rings. The molecule has 4 rings (SSSR count). The predicted molar refractivity (Wildman–Crippen MR) is 155 cm³/mol. The minimum absolute atomic E-state index is 0.0177. The quantitative estimate of drug-likeness (QED) is 0.151. The molecule has 256 valence electrons. The molecule has 8 nitrogen and oxygen atoms in total. The summed E-state index contributed by atoms with van der Waals surface area (Å²) in [5.41, 5.74) is -7.37. The number of unbranched alkanes of at least 4 members (excludes halogenated alkanes) is 1. The summed E-state index contributed by atoms with van der Waals surface area (Å²) in [6.07, 6.45) is -7.03. The number of imide groups is 1. The van der Waals surface area contributed by atoms with Gasteiger partial charge in [-0.2, -0.15) is 26.3 Å². The molecule has 0 spiro atoms. The van der Waals surface area contributed by atoms with Crippen molar-refractivity contribution in [1.29, 1.82) is 0 Å². The summed E-state index contributed by atoms with van der Waals surface area (Å²) in [5.74, 6) is -0.392. The number of halogens is 6. The lowest BCUT2D eigenvalue weighted by molar-refractivity contribution is -0.376. The van der Waals surface area contributed by atoms with Crippen LogP contribution in [0.15, 0.2) is 35.8 Å². The Bertz CT molecular complexity index is 1340. The summed E-state index contributed by atoms with van der Waals surface area (Å²) in [7, 11) is 0. The van der Waals surface area contributed by atoms with Crippen molar-refractivity contribution in [2.45, 2.75) is 95.6 Å². The maximum atomic E-state index is 13.7. The molecule has 1 saturated heterocycles. The normalized spacial score (nSPS) is 22.3. The van der Waals surface area contributed by atoms with Crippen molar-refractivity contribution in [3.63, 3.8) is 0 Å². The van der Waals surface area contributed by atoms with Crippen LogP contribution in [-0.2, 0) is 19.9 Å². The maximum absolute atomic E-state index is 13.7. The van der Waals surface area contributed by atoms with Crippen molar-refractivity contribution in [3.05, 3.63) is 52.5 Å². The van der Waals surface area contributed by atoms with Crippen LogP contribution < -0.4 is 10.1 Å². The van der Waals surface area contributed by atoms with Gasteiger partial charge in [0.1, 0.15) is 30.3 Å². The number of hydrogen-bond acceptors (Lipinski definition) is 6. The third-order valence-corrected chi connectivity index (χ3v) is 8.82. The molecule has 0 saturated carbocycles. The van der Waals surface area contributed by atoms with Gasteiger partial charge in [-0.15, -0.1) is 0 Å². The summed E-state index contributed by atoms with van der Waals surface area (Å²) in [4.78, 5) is 27.7. The minimum Gasteiger partial charge on any atom is -0.493 e. The first-order valence-electron chi connectivity index (χ1n) is 15.4. The van der Waals surface area contributed by atoms with Gasteiger partial charge in [-0.1, -0.05) is 40.7 Å². The molecule has 1 aromatic carbocycles. The van der Waals surface area contributed by atoms with Crippen LogP contribution >= 0.6 is 0 Å². The van der Waals surface area contributed by atoms with Gasteiger partial charge in [-0.25, -0.2) is 4.79 Å². The van der Waals surface area contributed by atoms with Gasteiger partial charge in [0, 0.05) is 24.4 Å². The van der Waals surface area contributed by atoms with E-state index in [2.05, 4.69) is 5.32 Å². The first kappa shape index (κ1) is 35.4. The number of amides is 3. The van der Waals surface area contributed by atoms with Crippen LogP contribution in [0.2, 0.25) is 0 Å². The van der Waals surface area contributed by atoms with E-state index in [1.807, 2.05) is 13.0 Å². The van der Waals surface area contributed by atoms with Crippen LogP contribution in [0.1, 0.15) is 88.8 Å². The zero-order valence-corrected chi connectivity index (χ0v) is 26.4. The Morgan fingerprint density at radius 1 is 1.00 bits per heavy atom. The number of hydrogen-bond donors (Lipinski definition) is 2. The predicted octanol–water partition coefficient (Wildman–Crippen LogP) is 6.94. The van der Waals surface area contributed by atoms with E-state index in [4.69, 9.17) is 14.2 Å². The maximum Gasteiger partial charge on any atom is 0.430 e. The molecule has 2 aliphatic heterocycles. The van der Waals surface area contributed by atoms with Crippen molar-refractivity contribution in [1.82, 2.24) is 10.2 Å². The minimum atomic E-state index is -6.02. The van der Waals surface area contributed by atoms with Crippen molar-refractivity contribution < 1.29 is 55.2 Å². The van der Waals surface area contributed by atoms with E-state index < -0.39 is 46.9 Å². The molecule has 14 heteroatoms. The van der Waals surface area contributed by atoms with Crippen molar-refractivity contribution in [3.8, 4) is 5.75 Å². The molecule has 0 aromatic heterocycles. The molecule has 3 amide bonds. The average Bonchev–Trinajstić information content (AvgIpc) is 3.23. The number of alkyl halides is 6. The Labute approximate surface area is 263 Å². The van der Waals surface area contributed by atoms with Crippen molar-refractivity contribution in [2.75, 3.05) is 26.4 Å². The van der Waals surface area contributed by atoms with E-state index >= 15 is 0 Å². The molecule has 1 fully saturated rings. The molecule has 2 unspecified atom stereocenters. The van der Waals surface area contributed by atoms with E-state index in [1.54, 1.807) is 33.8 Å². The van der Waals surface area contributed by atoms with Crippen LogP contribution in [0.5, 0.6) is 5.75 Å². The topological polar surface area (TPSA) is 97.3 Å². The van der Waals surface area contributed by atoms with Gasteiger partial charge in [0.25, 0.3) is 11.5 Å². The Balaban J connectivity index is 1.46. The number of aliphatic hydroxyl groups is 1. The number of rotatable bonds is 11. The van der Waals surface area contributed by atoms with Crippen molar-refractivity contribution in [2.24, 2.45) is 5.92 Å². The van der Waals surface area contributed by atoms with Gasteiger partial charge in [0.2, 0.25) is 0 Å². The van der Waals surface area contributed by atoms with Crippen LogP contribution in [0.25, 0.3) is 0 Å². The highest BCUT2D eigenvalue weighted by Gasteiger charge is 2.71. The summed E-state index contributed by atoms with van der Waals surface area (Å²) in [6, 6.07) is 0.879. The smallest absolute Gasteiger partial charge is 0.430 e. The molecule has 1 aliphatic carbocycles. The van der Waals surface area contributed by atoms with Crippen molar-refractivity contribution >= 4 is 11.9 Å². The molecule has 2 atom stereocenters. The number of ether oxygens (including phenoxy) is 3. The summed E-state index contributed by atoms with van der Waals surface area (Å²) < 4.78 is 99.4. The number of nitrogens with zero attached hydrogens (tertiary/aromatic N) is 1. The number of urea groups is 1. The Kier molecular flexibility index (Phi) is 10.0. The number of carbonyl (C=O) groups excluding carboxylic acids is 2. The second kappa shape index (κ2) is 13.0. The highest BCUT2D eigenvalue weighted by atomic mass is 19.4. The third-order valence-electron chi connectivity index (χ3n) is 8.82. The lowest BCUT2D eigenvalue weighted by Gasteiger charge is -2.36. The second-order valence-electron chi connectivity index (χ2n) is 12.4. The molecule has 46 heavy (non-hydrogen) atoms. The lowest BCUT2D eigenvalue weighted by atomic mass is 9.77. The Morgan fingerprint density at radius 2 is 1.59 bits per heavy atom. The number of benzene rings is 1. The molecular formula is C32H40F6N2O6. The van der Waals surface area contributed by atoms with E-state index in [0.717, 1.165) is 4.90 Å². The number of allylic oxidation sites excluding steroid dienone is 2. The fraction of sp³-hybridized carbons (Fsp3) is 0.625. The monoisotopic (exact) mass is 662 g/mol. The fourth-order valence-corrected chi connectivity index (χ4v) is 6.12. The first-order valence-corrected chi connectivity index (χ1v) is 15.4. The zero-order chi connectivity index (χ0) is 34.2. The van der Waals surface area contributed by atoms with Crippen LogP contribution in [0.4, 0.5) is 31.1 Å². The fourth-order valence-electron chi connectivity index (χ4n) is 6.12. The average molecular weight is 663 g/mol. The van der Waals surface area contributed by atoms with Gasteiger partial charge < -0.3 is 24.6 Å². The Morgan fingerprint density at radius 3 is 2.13 bits per heavy atom.